The highest BCUT2D eigenvalue weighted by Gasteiger charge is 2.28. The molecule has 1 aliphatic heterocycles. The molecule has 3 rings (SSSR count). The van der Waals surface area contributed by atoms with Gasteiger partial charge in [-0.25, -0.2) is 4.98 Å². The molecule has 2 heterocycles. The summed E-state index contributed by atoms with van der Waals surface area (Å²) in [6.07, 6.45) is -2.24. The van der Waals surface area contributed by atoms with Crippen molar-refractivity contribution in [2.45, 2.75) is 25.6 Å². The lowest BCUT2D eigenvalue weighted by Crippen LogP contribution is -2.41. The largest absolute Gasteiger partial charge is 0.468 e. The molecule has 8 heteroatoms. The van der Waals surface area contributed by atoms with E-state index in [2.05, 4.69) is 32.1 Å². The van der Waals surface area contributed by atoms with Gasteiger partial charge in [0.05, 0.1) is 5.56 Å². The number of hydrogen-bond acceptors (Lipinski definition) is 4. The molecule has 0 bridgehead atoms. The first-order valence-corrected chi connectivity index (χ1v) is 8.62. The standard InChI is InChI=1S/C19H20F3N3O2/c1-13(25-9-8-14-4-2-3-5-16(14)25)10-24-18(26)15-6-7-17(23-11-15)27-12-19(20,21)22/h2-7,11,13H,8-10,12H2,1H3,(H,24,26). The van der Waals surface area contributed by atoms with Crippen LogP contribution in [0.5, 0.6) is 5.88 Å². The molecule has 5 nitrogen and oxygen atoms in total. The maximum atomic E-state index is 12.2. The Balaban J connectivity index is 1.52. The molecule has 1 amide bonds. The van der Waals surface area contributed by atoms with E-state index in [1.807, 2.05) is 19.1 Å². The van der Waals surface area contributed by atoms with Gasteiger partial charge in [-0.1, -0.05) is 18.2 Å². The van der Waals surface area contributed by atoms with Crippen LogP contribution in [-0.4, -0.2) is 42.8 Å². The third kappa shape index (κ3) is 4.90. The summed E-state index contributed by atoms with van der Waals surface area (Å²) in [7, 11) is 0. The van der Waals surface area contributed by atoms with Gasteiger partial charge in [-0.15, -0.1) is 0 Å². The number of ether oxygens (including phenoxy) is 1. The minimum Gasteiger partial charge on any atom is -0.468 e. The van der Waals surface area contributed by atoms with Crippen LogP contribution in [0.3, 0.4) is 0 Å². The van der Waals surface area contributed by atoms with Crippen molar-refractivity contribution in [3.8, 4) is 5.88 Å². The molecule has 144 valence electrons. The van der Waals surface area contributed by atoms with Crippen LogP contribution >= 0.6 is 0 Å². The number of carbonyl (C=O) groups is 1. The maximum Gasteiger partial charge on any atom is 0.422 e. The first kappa shape index (κ1) is 19.0. The number of aromatic nitrogens is 1. The van der Waals surface area contributed by atoms with Crippen LogP contribution in [0, 0.1) is 0 Å². The Morgan fingerprint density at radius 1 is 1.30 bits per heavy atom. The zero-order valence-corrected chi connectivity index (χ0v) is 14.8. The van der Waals surface area contributed by atoms with E-state index < -0.39 is 12.8 Å². The SMILES string of the molecule is CC(CNC(=O)c1ccc(OCC(F)(F)F)nc1)N1CCc2ccccc21. The van der Waals surface area contributed by atoms with Crippen LogP contribution in [0.2, 0.25) is 0 Å². The predicted molar refractivity (Wildman–Crippen MR) is 95.1 cm³/mol. The summed E-state index contributed by atoms with van der Waals surface area (Å²) < 4.78 is 40.9. The molecule has 0 saturated heterocycles. The van der Waals surface area contributed by atoms with Crippen LogP contribution < -0.4 is 15.0 Å². The average Bonchev–Trinajstić information content (AvgIpc) is 3.08. The molecule has 27 heavy (non-hydrogen) atoms. The highest BCUT2D eigenvalue weighted by Crippen LogP contribution is 2.28. The van der Waals surface area contributed by atoms with E-state index >= 15 is 0 Å². The van der Waals surface area contributed by atoms with Crippen LogP contribution in [0.1, 0.15) is 22.8 Å². The van der Waals surface area contributed by atoms with Crippen molar-refractivity contribution in [3.05, 3.63) is 53.7 Å². The summed E-state index contributed by atoms with van der Waals surface area (Å²) >= 11 is 0. The number of alkyl halides is 3. The first-order chi connectivity index (χ1) is 12.8. The second kappa shape index (κ2) is 7.85. The van der Waals surface area contributed by atoms with Crippen molar-refractivity contribution < 1.29 is 22.7 Å². The molecule has 0 saturated carbocycles. The molecule has 0 fully saturated rings. The number of hydrogen-bond donors (Lipinski definition) is 1. The van der Waals surface area contributed by atoms with Gasteiger partial charge in [-0.2, -0.15) is 13.2 Å². The van der Waals surface area contributed by atoms with Crippen molar-refractivity contribution in [3.63, 3.8) is 0 Å². The van der Waals surface area contributed by atoms with E-state index in [1.54, 1.807) is 0 Å². The number of para-hydroxylation sites is 1. The lowest BCUT2D eigenvalue weighted by Gasteiger charge is -2.27. The second-order valence-corrected chi connectivity index (χ2v) is 6.42. The van der Waals surface area contributed by atoms with Crippen LogP contribution in [-0.2, 0) is 6.42 Å². The van der Waals surface area contributed by atoms with Crippen LogP contribution in [0.25, 0.3) is 0 Å². The Labute approximate surface area is 155 Å². The molecular weight excluding hydrogens is 359 g/mol. The fraction of sp³-hybridized carbons (Fsp3) is 0.368. The molecule has 1 aromatic heterocycles. The van der Waals surface area contributed by atoms with Gasteiger partial charge >= 0.3 is 6.18 Å². The second-order valence-electron chi connectivity index (χ2n) is 6.42. The lowest BCUT2D eigenvalue weighted by molar-refractivity contribution is -0.154. The van der Waals surface area contributed by atoms with Gasteiger partial charge < -0.3 is 15.0 Å². The number of carbonyl (C=O) groups excluding carboxylic acids is 1. The van der Waals surface area contributed by atoms with Gasteiger partial charge in [0.25, 0.3) is 5.91 Å². The van der Waals surface area contributed by atoms with Gasteiger partial charge in [0.2, 0.25) is 5.88 Å². The van der Waals surface area contributed by atoms with E-state index in [9.17, 15) is 18.0 Å². The number of fused-ring (bicyclic) bond motifs is 1. The zero-order chi connectivity index (χ0) is 19.4. The number of amides is 1. The lowest BCUT2D eigenvalue weighted by atomic mass is 10.2. The Kier molecular flexibility index (Phi) is 5.53. The van der Waals surface area contributed by atoms with Gasteiger partial charge in [0.1, 0.15) is 0 Å². The summed E-state index contributed by atoms with van der Waals surface area (Å²) in [4.78, 5) is 18.2. The topological polar surface area (TPSA) is 54.5 Å². The molecular formula is C19H20F3N3O2. The van der Waals surface area contributed by atoms with E-state index in [-0.39, 0.29) is 23.4 Å². The van der Waals surface area contributed by atoms with Crippen molar-refractivity contribution in [1.29, 1.82) is 0 Å². The molecule has 0 spiro atoms. The number of benzene rings is 1. The van der Waals surface area contributed by atoms with Crippen molar-refractivity contribution in [2.75, 3.05) is 24.6 Å². The predicted octanol–water partition coefficient (Wildman–Crippen LogP) is 3.20. The highest BCUT2D eigenvalue weighted by molar-refractivity contribution is 5.93. The highest BCUT2D eigenvalue weighted by atomic mass is 19.4. The monoisotopic (exact) mass is 379 g/mol. The van der Waals surface area contributed by atoms with Crippen molar-refractivity contribution in [2.24, 2.45) is 0 Å². The van der Waals surface area contributed by atoms with Gasteiger partial charge in [0, 0.05) is 37.1 Å². The third-order valence-corrected chi connectivity index (χ3v) is 4.40. The Morgan fingerprint density at radius 2 is 2.07 bits per heavy atom. The number of nitrogens with zero attached hydrogens (tertiary/aromatic N) is 2. The van der Waals surface area contributed by atoms with E-state index in [0.29, 0.717) is 6.54 Å². The van der Waals surface area contributed by atoms with E-state index in [1.165, 1.54) is 29.6 Å². The summed E-state index contributed by atoms with van der Waals surface area (Å²) in [6, 6.07) is 10.9. The smallest absolute Gasteiger partial charge is 0.422 e. The van der Waals surface area contributed by atoms with Crippen molar-refractivity contribution in [1.82, 2.24) is 10.3 Å². The Bertz CT molecular complexity index is 794. The van der Waals surface area contributed by atoms with Gasteiger partial charge in [-0.3, -0.25) is 4.79 Å². The van der Waals surface area contributed by atoms with Gasteiger partial charge in [0.15, 0.2) is 6.61 Å². The third-order valence-electron chi connectivity index (χ3n) is 4.40. The number of halogens is 3. The molecule has 2 aromatic rings. The van der Waals surface area contributed by atoms with E-state index in [4.69, 9.17) is 0 Å². The number of rotatable bonds is 6. The number of pyridine rings is 1. The van der Waals surface area contributed by atoms with E-state index in [0.717, 1.165) is 13.0 Å². The summed E-state index contributed by atoms with van der Waals surface area (Å²) in [5.41, 5.74) is 2.75. The maximum absolute atomic E-state index is 12.2. The van der Waals surface area contributed by atoms with Crippen molar-refractivity contribution >= 4 is 11.6 Å². The minimum absolute atomic E-state index is 0.111. The molecule has 1 atom stereocenters. The zero-order valence-electron chi connectivity index (χ0n) is 14.8. The molecule has 0 radical (unpaired) electrons. The fourth-order valence-corrected chi connectivity index (χ4v) is 3.03. The summed E-state index contributed by atoms with van der Waals surface area (Å²) in [5.74, 6) is -0.505. The Morgan fingerprint density at radius 3 is 2.78 bits per heavy atom. The Hall–Kier alpha value is -2.77. The first-order valence-electron chi connectivity index (χ1n) is 8.62. The average molecular weight is 379 g/mol. The minimum atomic E-state index is -4.43. The normalized spacial score (nSPS) is 14.6. The number of anilines is 1. The number of nitrogens with one attached hydrogen (secondary N) is 1. The summed E-state index contributed by atoms with van der Waals surface area (Å²) in [6.45, 7) is 1.97. The summed E-state index contributed by atoms with van der Waals surface area (Å²) in [5, 5.41) is 2.84. The molecule has 1 aliphatic rings. The van der Waals surface area contributed by atoms with Crippen LogP contribution in [0.4, 0.5) is 18.9 Å². The molecule has 0 aliphatic carbocycles. The fourth-order valence-electron chi connectivity index (χ4n) is 3.03. The quantitative estimate of drug-likeness (QED) is 0.838. The molecule has 1 unspecified atom stereocenters. The molecule has 1 aromatic carbocycles. The molecule has 1 N–H and O–H groups in total. The van der Waals surface area contributed by atoms with Gasteiger partial charge in [-0.05, 0) is 31.0 Å². The van der Waals surface area contributed by atoms with Crippen LogP contribution in [0.15, 0.2) is 42.6 Å².